The molecule has 1 aliphatic carbocycles. The predicted octanol–water partition coefficient (Wildman–Crippen LogP) is 3.28. The number of nitrogens with two attached hydrogens (primary N) is 1. The third-order valence-corrected chi connectivity index (χ3v) is 4.01. The first kappa shape index (κ1) is 12.9. The topological polar surface area (TPSA) is 46.2 Å². The van der Waals surface area contributed by atoms with E-state index in [0.29, 0.717) is 10.9 Å². The lowest BCUT2D eigenvalue weighted by molar-refractivity contribution is 0.0618. The monoisotopic (exact) mass is 253 g/mol. The minimum atomic E-state index is -0.434. The van der Waals surface area contributed by atoms with Gasteiger partial charge in [-0.2, -0.15) is 0 Å². The SMILES string of the molecule is N[C@H](c1ccc(Cl)cc1)[C@@H](O)C1CCCCC1. The summed E-state index contributed by atoms with van der Waals surface area (Å²) >= 11 is 5.84. The highest BCUT2D eigenvalue weighted by Gasteiger charge is 2.27. The molecular weight excluding hydrogens is 234 g/mol. The van der Waals surface area contributed by atoms with Crippen molar-refractivity contribution in [2.45, 2.75) is 44.2 Å². The standard InChI is InChI=1S/C14H20ClNO/c15-12-8-6-10(7-9-12)13(16)14(17)11-4-2-1-3-5-11/h6-9,11,13-14,17H,1-5,16H2/t13-,14+/m1/s1. The van der Waals surface area contributed by atoms with Crippen molar-refractivity contribution in [3.8, 4) is 0 Å². The number of benzene rings is 1. The van der Waals surface area contributed by atoms with Gasteiger partial charge in [-0.25, -0.2) is 0 Å². The summed E-state index contributed by atoms with van der Waals surface area (Å²) in [5.74, 6) is 0.356. The molecule has 3 N–H and O–H groups in total. The molecule has 0 bridgehead atoms. The molecule has 1 saturated carbocycles. The van der Waals surface area contributed by atoms with Gasteiger partial charge in [0, 0.05) is 5.02 Å². The number of hydrogen-bond donors (Lipinski definition) is 2. The smallest absolute Gasteiger partial charge is 0.0760 e. The number of aliphatic hydroxyl groups is 1. The quantitative estimate of drug-likeness (QED) is 0.869. The van der Waals surface area contributed by atoms with E-state index >= 15 is 0 Å². The minimum absolute atomic E-state index is 0.296. The molecule has 0 spiro atoms. The fourth-order valence-corrected chi connectivity index (χ4v) is 2.78. The molecular formula is C14H20ClNO. The van der Waals surface area contributed by atoms with Gasteiger partial charge in [0.15, 0.2) is 0 Å². The van der Waals surface area contributed by atoms with Crippen molar-refractivity contribution in [1.29, 1.82) is 0 Å². The molecule has 1 aromatic rings. The van der Waals surface area contributed by atoms with E-state index in [9.17, 15) is 5.11 Å². The van der Waals surface area contributed by atoms with E-state index in [-0.39, 0.29) is 6.04 Å². The molecule has 1 fully saturated rings. The summed E-state index contributed by atoms with van der Waals surface area (Å²) in [4.78, 5) is 0. The Bertz CT molecular complexity index is 346. The van der Waals surface area contributed by atoms with Crippen LogP contribution in [0, 0.1) is 5.92 Å². The first-order valence-corrected chi connectivity index (χ1v) is 6.75. The molecule has 3 heteroatoms. The first-order chi connectivity index (χ1) is 8.18. The van der Waals surface area contributed by atoms with Gasteiger partial charge in [-0.05, 0) is 36.5 Å². The van der Waals surface area contributed by atoms with Crippen LogP contribution in [0.1, 0.15) is 43.7 Å². The largest absolute Gasteiger partial charge is 0.391 e. The lowest BCUT2D eigenvalue weighted by atomic mass is 9.81. The van der Waals surface area contributed by atoms with Crippen LogP contribution in [0.2, 0.25) is 5.02 Å². The maximum Gasteiger partial charge on any atom is 0.0760 e. The maximum absolute atomic E-state index is 10.3. The second-order valence-corrected chi connectivity index (χ2v) is 5.40. The zero-order valence-electron chi connectivity index (χ0n) is 9.98. The van der Waals surface area contributed by atoms with Crippen molar-refractivity contribution in [3.05, 3.63) is 34.9 Å². The molecule has 17 heavy (non-hydrogen) atoms. The summed E-state index contributed by atoms with van der Waals surface area (Å²) < 4.78 is 0. The van der Waals surface area contributed by atoms with Gasteiger partial charge in [-0.1, -0.05) is 43.0 Å². The highest BCUT2D eigenvalue weighted by atomic mass is 35.5. The Morgan fingerprint density at radius 1 is 1.12 bits per heavy atom. The molecule has 2 nitrogen and oxygen atoms in total. The molecule has 0 aromatic heterocycles. The lowest BCUT2D eigenvalue weighted by Gasteiger charge is -2.30. The number of halogens is 1. The van der Waals surface area contributed by atoms with Crippen LogP contribution in [0.3, 0.4) is 0 Å². The molecule has 1 aliphatic rings. The van der Waals surface area contributed by atoms with Crippen molar-refractivity contribution < 1.29 is 5.11 Å². The molecule has 0 heterocycles. The van der Waals surface area contributed by atoms with Crippen LogP contribution in [0.5, 0.6) is 0 Å². The van der Waals surface area contributed by atoms with Gasteiger partial charge in [0.25, 0.3) is 0 Å². The van der Waals surface area contributed by atoms with Gasteiger partial charge in [-0.15, -0.1) is 0 Å². The van der Waals surface area contributed by atoms with Crippen LogP contribution in [0.15, 0.2) is 24.3 Å². The normalized spacial score (nSPS) is 21.1. The van der Waals surface area contributed by atoms with Gasteiger partial charge >= 0.3 is 0 Å². The molecule has 2 rings (SSSR count). The summed E-state index contributed by atoms with van der Waals surface area (Å²) in [5, 5.41) is 11.0. The predicted molar refractivity (Wildman–Crippen MR) is 71.0 cm³/mol. The van der Waals surface area contributed by atoms with E-state index in [1.54, 1.807) is 0 Å². The average Bonchev–Trinajstić information content (AvgIpc) is 2.39. The van der Waals surface area contributed by atoms with Crippen LogP contribution in [0.25, 0.3) is 0 Å². The zero-order chi connectivity index (χ0) is 12.3. The van der Waals surface area contributed by atoms with Crippen LogP contribution in [0.4, 0.5) is 0 Å². The van der Waals surface area contributed by atoms with Crippen LogP contribution < -0.4 is 5.73 Å². The van der Waals surface area contributed by atoms with E-state index in [4.69, 9.17) is 17.3 Å². The first-order valence-electron chi connectivity index (χ1n) is 6.37. The Kier molecular flexibility index (Phi) is 4.43. The fraction of sp³-hybridized carbons (Fsp3) is 0.571. The molecule has 94 valence electrons. The second-order valence-electron chi connectivity index (χ2n) is 4.97. The summed E-state index contributed by atoms with van der Waals surface area (Å²) in [7, 11) is 0. The van der Waals surface area contributed by atoms with E-state index in [0.717, 1.165) is 18.4 Å². The van der Waals surface area contributed by atoms with Gasteiger partial charge < -0.3 is 10.8 Å². The molecule has 2 atom stereocenters. The third-order valence-electron chi connectivity index (χ3n) is 3.76. The van der Waals surface area contributed by atoms with Crippen molar-refractivity contribution in [1.82, 2.24) is 0 Å². The van der Waals surface area contributed by atoms with E-state index in [1.807, 2.05) is 24.3 Å². The minimum Gasteiger partial charge on any atom is -0.391 e. The number of rotatable bonds is 3. The van der Waals surface area contributed by atoms with Crippen molar-refractivity contribution in [2.24, 2.45) is 11.7 Å². The Labute approximate surface area is 108 Å². The van der Waals surface area contributed by atoms with Gasteiger partial charge in [0.05, 0.1) is 12.1 Å². The molecule has 0 radical (unpaired) electrons. The highest BCUT2D eigenvalue weighted by Crippen LogP contribution is 2.31. The van der Waals surface area contributed by atoms with E-state index < -0.39 is 6.10 Å². The Morgan fingerprint density at radius 2 is 1.71 bits per heavy atom. The molecule has 0 saturated heterocycles. The Hall–Kier alpha value is -0.570. The molecule has 1 aromatic carbocycles. The van der Waals surface area contributed by atoms with E-state index in [1.165, 1.54) is 19.3 Å². The number of aliphatic hydroxyl groups excluding tert-OH is 1. The van der Waals surface area contributed by atoms with Crippen LogP contribution >= 0.6 is 11.6 Å². The summed E-state index contributed by atoms with van der Waals surface area (Å²) in [6.45, 7) is 0. The van der Waals surface area contributed by atoms with Gasteiger partial charge in [0.1, 0.15) is 0 Å². The fourth-order valence-electron chi connectivity index (χ4n) is 2.65. The maximum atomic E-state index is 10.3. The average molecular weight is 254 g/mol. The van der Waals surface area contributed by atoms with Crippen LogP contribution in [-0.4, -0.2) is 11.2 Å². The van der Waals surface area contributed by atoms with Gasteiger partial charge in [0.2, 0.25) is 0 Å². The van der Waals surface area contributed by atoms with Crippen LogP contribution in [-0.2, 0) is 0 Å². The van der Waals surface area contributed by atoms with Crippen molar-refractivity contribution >= 4 is 11.6 Å². The highest BCUT2D eigenvalue weighted by molar-refractivity contribution is 6.30. The summed E-state index contributed by atoms with van der Waals surface area (Å²) in [6.07, 6.45) is 5.49. The molecule has 0 amide bonds. The second kappa shape index (κ2) is 5.85. The molecule has 0 aliphatic heterocycles. The summed E-state index contributed by atoms with van der Waals surface area (Å²) in [5.41, 5.74) is 7.09. The third kappa shape index (κ3) is 3.21. The van der Waals surface area contributed by atoms with E-state index in [2.05, 4.69) is 0 Å². The Morgan fingerprint density at radius 3 is 2.29 bits per heavy atom. The Balaban J connectivity index is 2.02. The van der Waals surface area contributed by atoms with Gasteiger partial charge in [-0.3, -0.25) is 0 Å². The zero-order valence-corrected chi connectivity index (χ0v) is 10.7. The summed E-state index contributed by atoms with van der Waals surface area (Å²) in [6, 6.07) is 7.16. The van der Waals surface area contributed by atoms with Crippen molar-refractivity contribution in [2.75, 3.05) is 0 Å². The lowest BCUT2D eigenvalue weighted by Crippen LogP contribution is -2.34. The van der Waals surface area contributed by atoms with Crippen molar-refractivity contribution in [3.63, 3.8) is 0 Å². The molecule has 0 unspecified atom stereocenters. The number of hydrogen-bond acceptors (Lipinski definition) is 2.